The molecule has 21 heavy (non-hydrogen) atoms. The van der Waals surface area contributed by atoms with Crippen LogP contribution in [0.25, 0.3) is 16.4 Å². The average Bonchev–Trinajstić information content (AvgIpc) is 3.05. The average molecular weight is 370 g/mol. The third-order valence-corrected chi connectivity index (χ3v) is 4.42. The second-order valence-electron chi connectivity index (χ2n) is 4.11. The van der Waals surface area contributed by atoms with Crippen molar-refractivity contribution in [3.63, 3.8) is 0 Å². The smallest absolute Gasteiger partial charge is 0.348 e. The van der Waals surface area contributed by atoms with E-state index < -0.39 is 11.5 Å². The first kappa shape index (κ1) is 14.0. The Morgan fingerprint density at radius 1 is 1.38 bits per heavy atom. The molecule has 0 atom stereocenters. The largest absolute Gasteiger partial charge is 0.494 e. The molecule has 3 rings (SSSR count). The van der Waals surface area contributed by atoms with Gasteiger partial charge in [0.05, 0.1) is 15.8 Å². The van der Waals surface area contributed by atoms with Crippen molar-refractivity contribution in [3.05, 3.63) is 50.4 Å². The van der Waals surface area contributed by atoms with Gasteiger partial charge in [0.15, 0.2) is 5.82 Å². The Labute approximate surface area is 131 Å². The Bertz CT molecular complexity index is 855. The molecular formula is C13H9BrFN3O2S. The summed E-state index contributed by atoms with van der Waals surface area (Å²) in [6.07, 6.45) is 0. The van der Waals surface area contributed by atoms with Crippen molar-refractivity contribution in [1.82, 2.24) is 14.8 Å². The van der Waals surface area contributed by atoms with E-state index in [2.05, 4.69) is 26.0 Å². The first-order valence-electron chi connectivity index (χ1n) is 5.87. The summed E-state index contributed by atoms with van der Waals surface area (Å²) in [7, 11) is 1.45. The van der Waals surface area contributed by atoms with E-state index in [1.165, 1.54) is 36.6 Å². The van der Waals surface area contributed by atoms with Gasteiger partial charge >= 0.3 is 5.69 Å². The van der Waals surface area contributed by atoms with Gasteiger partial charge in [0, 0.05) is 6.07 Å². The molecule has 0 radical (unpaired) electrons. The fourth-order valence-electron chi connectivity index (χ4n) is 1.87. The molecule has 3 aromatic rings. The summed E-state index contributed by atoms with van der Waals surface area (Å²) in [6.45, 7) is 0. The van der Waals surface area contributed by atoms with Crippen molar-refractivity contribution in [3.8, 4) is 22.1 Å². The van der Waals surface area contributed by atoms with Crippen LogP contribution in [0.1, 0.15) is 0 Å². The van der Waals surface area contributed by atoms with Crippen molar-refractivity contribution >= 4 is 27.3 Å². The summed E-state index contributed by atoms with van der Waals surface area (Å²) in [5.41, 5.74) is -0.209. The Balaban J connectivity index is 2.14. The van der Waals surface area contributed by atoms with E-state index in [-0.39, 0.29) is 5.69 Å². The van der Waals surface area contributed by atoms with Crippen molar-refractivity contribution in [2.45, 2.75) is 0 Å². The first-order chi connectivity index (χ1) is 10.1. The van der Waals surface area contributed by atoms with Crippen molar-refractivity contribution in [2.24, 2.45) is 0 Å². The van der Waals surface area contributed by atoms with Gasteiger partial charge in [-0.25, -0.2) is 9.18 Å². The second-order valence-corrected chi connectivity index (χ2v) is 6.57. The Hall–Kier alpha value is -1.93. The highest BCUT2D eigenvalue weighted by Gasteiger charge is 2.14. The third kappa shape index (κ3) is 2.64. The van der Waals surface area contributed by atoms with E-state index in [9.17, 15) is 9.18 Å². The summed E-state index contributed by atoms with van der Waals surface area (Å²) in [4.78, 5) is 15.5. The molecule has 2 aromatic heterocycles. The number of halogens is 2. The molecule has 1 aromatic carbocycles. The van der Waals surface area contributed by atoms with Gasteiger partial charge in [-0.2, -0.15) is 4.68 Å². The SMILES string of the molecule is COc1ccc(F)cc1-n1nc(-c2ccc(Br)s2)[nH]c1=O. The molecule has 0 fully saturated rings. The van der Waals surface area contributed by atoms with E-state index in [1.54, 1.807) is 0 Å². The van der Waals surface area contributed by atoms with Gasteiger partial charge < -0.3 is 4.74 Å². The minimum Gasteiger partial charge on any atom is -0.494 e. The quantitative estimate of drug-likeness (QED) is 0.770. The highest BCUT2D eigenvalue weighted by molar-refractivity contribution is 9.11. The topological polar surface area (TPSA) is 59.9 Å². The molecule has 5 nitrogen and oxygen atoms in total. The minimum atomic E-state index is -0.471. The maximum Gasteiger partial charge on any atom is 0.348 e. The van der Waals surface area contributed by atoms with E-state index >= 15 is 0 Å². The molecule has 0 aliphatic carbocycles. The Morgan fingerprint density at radius 3 is 2.86 bits per heavy atom. The van der Waals surface area contributed by atoms with Crippen LogP contribution in [0.4, 0.5) is 4.39 Å². The van der Waals surface area contributed by atoms with Gasteiger partial charge in [0.2, 0.25) is 0 Å². The van der Waals surface area contributed by atoms with Gasteiger partial charge in [-0.15, -0.1) is 16.4 Å². The van der Waals surface area contributed by atoms with Crippen LogP contribution in [0, 0.1) is 5.82 Å². The van der Waals surface area contributed by atoms with Crippen molar-refractivity contribution in [1.29, 1.82) is 0 Å². The van der Waals surface area contributed by atoms with Crippen LogP contribution in [0.2, 0.25) is 0 Å². The number of aromatic nitrogens is 3. The van der Waals surface area contributed by atoms with Crippen LogP contribution in [0.3, 0.4) is 0 Å². The maximum atomic E-state index is 13.4. The molecule has 0 unspecified atom stereocenters. The highest BCUT2D eigenvalue weighted by Crippen LogP contribution is 2.29. The first-order valence-corrected chi connectivity index (χ1v) is 7.48. The van der Waals surface area contributed by atoms with Gasteiger partial charge in [-0.1, -0.05) is 0 Å². The highest BCUT2D eigenvalue weighted by atomic mass is 79.9. The fourth-order valence-corrected chi connectivity index (χ4v) is 3.20. The van der Waals surface area contributed by atoms with E-state index in [1.807, 2.05) is 12.1 Å². The van der Waals surface area contributed by atoms with Crippen LogP contribution in [-0.4, -0.2) is 21.9 Å². The Morgan fingerprint density at radius 2 is 2.19 bits per heavy atom. The zero-order valence-electron chi connectivity index (χ0n) is 10.8. The molecule has 0 aliphatic heterocycles. The third-order valence-electron chi connectivity index (χ3n) is 2.79. The predicted octanol–water partition coefficient (Wildman–Crippen LogP) is 3.20. The molecule has 0 amide bonds. The molecule has 0 saturated carbocycles. The lowest BCUT2D eigenvalue weighted by molar-refractivity contribution is 0.410. The van der Waals surface area contributed by atoms with Gasteiger partial charge in [-0.3, -0.25) is 4.98 Å². The molecule has 1 N–H and O–H groups in total. The summed E-state index contributed by atoms with van der Waals surface area (Å²) in [5, 5.41) is 4.20. The summed E-state index contributed by atoms with van der Waals surface area (Å²) >= 11 is 4.79. The monoisotopic (exact) mass is 369 g/mol. The molecule has 0 spiro atoms. The van der Waals surface area contributed by atoms with Crippen LogP contribution in [-0.2, 0) is 0 Å². The lowest BCUT2D eigenvalue weighted by Crippen LogP contribution is -2.16. The number of methoxy groups -OCH3 is 1. The number of ether oxygens (including phenoxy) is 1. The minimum absolute atomic E-state index is 0.251. The number of rotatable bonds is 3. The molecule has 0 bridgehead atoms. The maximum absolute atomic E-state index is 13.4. The second kappa shape index (κ2) is 5.45. The van der Waals surface area contributed by atoms with Crippen LogP contribution < -0.4 is 10.4 Å². The molecule has 108 valence electrons. The van der Waals surface area contributed by atoms with E-state index in [4.69, 9.17) is 4.74 Å². The van der Waals surface area contributed by atoms with Gasteiger partial charge in [0.25, 0.3) is 0 Å². The van der Waals surface area contributed by atoms with Crippen molar-refractivity contribution < 1.29 is 9.13 Å². The normalized spacial score (nSPS) is 10.8. The van der Waals surface area contributed by atoms with Crippen LogP contribution >= 0.6 is 27.3 Å². The summed E-state index contributed by atoms with van der Waals surface area (Å²) in [6, 6.07) is 7.61. The van der Waals surface area contributed by atoms with Gasteiger partial charge in [0.1, 0.15) is 17.3 Å². The van der Waals surface area contributed by atoms with Crippen molar-refractivity contribution in [2.75, 3.05) is 7.11 Å². The number of benzene rings is 1. The Kier molecular flexibility index (Phi) is 3.64. The number of aromatic amines is 1. The fraction of sp³-hybridized carbons (Fsp3) is 0.0769. The summed E-state index contributed by atoms with van der Waals surface area (Å²) in [5.74, 6) is 0.312. The lowest BCUT2D eigenvalue weighted by Gasteiger charge is -2.06. The lowest BCUT2D eigenvalue weighted by atomic mass is 10.3. The number of nitrogens with one attached hydrogen (secondary N) is 1. The van der Waals surface area contributed by atoms with Crippen LogP contribution in [0.15, 0.2) is 38.9 Å². The van der Waals surface area contributed by atoms with E-state index in [0.717, 1.165) is 13.3 Å². The molecular weight excluding hydrogens is 361 g/mol. The number of H-pyrrole nitrogens is 1. The number of nitrogens with zero attached hydrogens (tertiary/aromatic N) is 2. The predicted molar refractivity (Wildman–Crippen MR) is 81.7 cm³/mol. The van der Waals surface area contributed by atoms with Crippen LogP contribution in [0.5, 0.6) is 5.75 Å². The standard InChI is InChI=1S/C13H9BrFN3O2S/c1-20-9-3-2-7(15)6-8(9)18-13(19)16-12(17-18)10-4-5-11(14)21-10/h2-6H,1H3,(H,16,17,19). The number of thiophene rings is 1. The number of hydrogen-bond acceptors (Lipinski definition) is 4. The summed E-state index contributed by atoms with van der Waals surface area (Å²) < 4.78 is 20.6. The molecule has 0 aliphatic rings. The molecule has 0 saturated heterocycles. The number of hydrogen-bond donors (Lipinski definition) is 1. The van der Waals surface area contributed by atoms with E-state index in [0.29, 0.717) is 11.6 Å². The molecule has 8 heteroatoms. The zero-order valence-corrected chi connectivity index (χ0v) is 13.2. The van der Waals surface area contributed by atoms with Gasteiger partial charge in [-0.05, 0) is 40.2 Å². The molecule has 2 heterocycles. The zero-order chi connectivity index (χ0) is 15.0.